The van der Waals surface area contributed by atoms with Gasteiger partial charge in [-0.3, -0.25) is 14.5 Å². The van der Waals surface area contributed by atoms with Crippen LogP contribution >= 0.6 is 11.6 Å². The summed E-state index contributed by atoms with van der Waals surface area (Å²) in [4.78, 5) is 17.1. The van der Waals surface area contributed by atoms with Crippen molar-refractivity contribution in [3.05, 3.63) is 70.8 Å². The summed E-state index contributed by atoms with van der Waals surface area (Å²) in [5.41, 5.74) is 2.81. The minimum atomic E-state index is -0.290. The molecule has 1 N–H and O–H groups in total. The molecule has 1 aliphatic rings. The standard InChI is InChI=1S/C23H25ClN4O2/c1-23(2,3)28-20(12-19(27-28)16-6-7-16)22(29)26-17-8-9-21(18(24)11-17)30-14-15-5-4-10-25-13-15/h4-5,8-13,16H,6-7,14H2,1-3H3,(H,26,29). The number of amides is 1. The summed E-state index contributed by atoms with van der Waals surface area (Å²) in [6.07, 6.45) is 5.74. The van der Waals surface area contributed by atoms with E-state index in [1.807, 2.05) is 43.7 Å². The molecular formula is C23H25ClN4O2. The maximum absolute atomic E-state index is 13.0. The lowest BCUT2D eigenvalue weighted by atomic mass is 10.1. The highest BCUT2D eigenvalue weighted by molar-refractivity contribution is 6.32. The Morgan fingerprint density at radius 2 is 2.07 bits per heavy atom. The van der Waals surface area contributed by atoms with E-state index < -0.39 is 0 Å². The molecule has 0 unspecified atom stereocenters. The Morgan fingerprint density at radius 3 is 2.70 bits per heavy atom. The van der Waals surface area contributed by atoms with Crippen LogP contribution in [0, 0.1) is 0 Å². The molecule has 6 nitrogen and oxygen atoms in total. The van der Waals surface area contributed by atoms with E-state index in [9.17, 15) is 4.79 Å². The van der Waals surface area contributed by atoms with E-state index in [1.165, 1.54) is 0 Å². The van der Waals surface area contributed by atoms with Crippen LogP contribution in [-0.2, 0) is 12.1 Å². The molecule has 0 radical (unpaired) electrons. The number of hydrogen-bond donors (Lipinski definition) is 1. The van der Waals surface area contributed by atoms with E-state index in [1.54, 1.807) is 30.6 Å². The quantitative estimate of drug-likeness (QED) is 0.575. The van der Waals surface area contributed by atoms with Crippen LogP contribution < -0.4 is 10.1 Å². The number of hydrogen-bond acceptors (Lipinski definition) is 4. The zero-order chi connectivity index (χ0) is 21.3. The Bertz CT molecular complexity index is 1050. The minimum Gasteiger partial charge on any atom is -0.487 e. The molecule has 0 saturated heterocycles. The fourth-order valence-corrected chi connectivity index (χ4v) is 3.42. The number of benzene rings is 1. The van der Waals surface area contributed by atoms with Crippen LogP contribution in [0.2, 0.25) is 5.02 Å². The number of rotatable bonds is 6. The number of ether oxygens (including phenoxy) is 1. The summed E-state index contributed by atoms with van der Waals surface area (Å²) < 4.78 is 7.58. The van der Waals surface area contributed by atoms with Crippen molar-refractivity contribution in [3.63, 3.8) is 0 Å². The van der Waals surface area contributed by atoms with Crippen LogP contribution in [0.3, 0.4) is 0 Å². The van der Waals surface area contributed by atoms with E-state index in [0.29, 0.717) is 34.7 Å². The molecular weight excluding hydrogens is 400 g/mol. The number of nitrogens with zero attached hydrogens (tertiary/aromatic N) is 3. The van der Waals surface area contributed by atoms with Gasteiger partial charge in [0.25, 0.3) is 5.91 Å². The molecule has 0 aliphatic heterocycles. The first kappa shape index (κ1) is 20.4. The van der Waals surface area contributed by atoms with E-state index >= 15 is 0 Å². The lowest BCUT2D eigenvalue weighted by molar-refractivity contribution is 0.100. The van der Waals surface area contributed by atoms with Gasteiger partial charge in [-0.15, -0.1) is 0 Å². The van der Waals surface area contributed by atoms with Gasteiger partial charge in [-0.25, -0.2) is 0 Å². The number of carbonyl (C=O) groups excluding carboxylic acids is 1. The molecule has 1 aliphatic carbocycles. The third kappa shape index (κ3) is 4.65. The van der Waals surface area contributed by atoms with Gasteiger partial charge < -0.3 is 10.1 Å². The molecule has 2 aromatic heterocycles. The van der Waals surface area contributed by atoms with Crippen LogP contribution in [-0.4, -0.2) is 20.7 Å². The first-order valence-electron chi connectivity index (χ1n) is 10.0. The van der Waals surface area contributed by atoms with Crippen LogP contribution in [0.25, 0.3) is 0 Å². The van der Waals surface area contributed by atoms with Crippen molar-refractivity contribution in [1.29, 1.82) is 0 Å². The van der Waals surface area contributed by atoms with Gasteiger partial charge in [-0.1, -0.05) is 17.7 Å². The summed E-state index contributed by atoms with van der Waals surface area (Å²) in [6, 6.07) is 10.9. The molecule has 1 fully saturated rings. The molecule has 7 heteroatoms. The fourth-order valence-electron chi connectivity index (χ4n) is 3.19. The van der Waals surface area contributed by atoms with Gasteiger partial charge >= 0.3 is 0 Å². The molecule has 0 spiro atoms. The van der Waals surface area contributed by atoms with Crippen molar-refractivity contribution < 1.29 is 9.53 Å². The van der Waals surface area contributed by atoms with Crippen molar-refractivity contribution >= 4 is 23.2 Å². The fraction of sp³-hybridized carbons (Fsp3) is 0.348. The minimum absolute atomic E-state index is 0.204. The zero-order valence-electron chi connectivity index (χ0n) is 17.4. The predicted molar refractivity (Wildman–Crippen MR) is 117 cm³/mol. The monoisotopic (exact) mass is 424 g/mol. The Balaban J connectivity index is 1.48. The van der Waals surface area contributed by atoms with Gasteiger partial charge in [0.2, 0.25) is 0 Å². The van der Waals surface area contributed by atoms with Gasteiger partial charge in [0.05, 0.1) is 16.3 Å². The predicted octanol–water partition coefficient (Wildman–Crippen LogP) is 5.40. The van der Waals surface area contributed by atoms with Crippen LogP contribution in [0.15, 0.2) is 48.8 Å². The Hall–Kier alpha value is -2.86. The largest absolute Gasteiger partial charge is 0.487 e. The van der Waals surface area contributed by atoms with E-state index in [4.69, 9.17) is 21.4 Å². The van der Waals surface area contributed by atoms with Crippen molar-refractivity contribution in [1.82, 2.24) is 14.8 Å². The number of carbonyl (C=O) groups is 1. The van der Waals surface area contributed by atoms with Crippen molar-refractivity contribution in [2.45, 2.75) is 51.7 Å². The summed E-state index contributed by atoms with van der Waals surface area (Å²) in [5.74, 6) is 0.824. The normalized spacial score (nSPS) is 13.9. The molecule has 156 valence electrons. The first-order valence-corrected chi connectivity index (χ1v) is 10.4. The second kappa shape index (κ2) is 8.11. The number of aromatic nitrogens is 3. The van der Waals surface area contributed by atoms with E-state index in [2.05, 4.69) is 10.3 Å². The molecule has 1 saturated carbocycles. The van der Waals surface area contributed by atoms with Gasteiger partial charge in [-0.05, 0) is 63.9 Å². The number of nitrogens with one attached hydrogen (secondary N) is 1. The van der Waals surface area contributed by atoms with E-state index in [0.717, 1.165) is 24.1 Å². The molecule has 2 heterocycles. The van der Waals surface area contributed by atoms with Gasteiger partial charge in [0, 0.05) is 29.6 Å². The molecule has 1 aromatic carbocycles. The highest BCUT2D eigenvalue weighted by atomic mass is 35.5. The molecule has 4 rings (SSSR count). The van der Waals surface area contributed by atoms with Gasteiger partial charge in [0.15, 0.2) is 0 Å². The Morgan fingerprint density at radius 1 is 1.27 bits per heavy atom. The smallest absolute Gasteiger partial charge is 0.273 e. The number of halogens is 1. The maximum atomic E-state index is 13.0. The van der Waals surface area contributed by atoms with Crippen LogP contribution in [0.4, 0.5) is 5.69 Å². The topological polar surface area (TPSA) is 69.0 Å². The lowest BCUT2D eigenvalue weighted by Crippen LogP contribution is -2.29. The van der Waals surface area contributed by atoms with Gasteiger partial charge in [-0.2, -0.15) is 5.10 Å². The zero-order valence-corrected chi connectivity index (χ0v) is 18.1. The molecule has 0 atom stereocenters. The van der Waals surface area contributed by atoms with Crippen molar-refractivity contribution in [2.75, 3.05) is 5.32 Å². The Labute approximate surface area is 181 Å². The molecule has 0 bridgehead atoms. The maximum Gasteiger partial charge on any atom is 0.273 e. The first-order chi connectivity index (χ1) is 14.3. The molecule has 30 heavy (non-hydrogen) atoms. The van der Waals surface area contributed by atoms with Crippen molar-refractivity contribution in [3.8, 4) is 5.75 Å². The van der Waals surface area contributed by atoms with Crippen molar-refractivity contribution in [2.24, 2.45) is 0 Å². The summed E-state index contributed by atoms with van der Waals surface area (Å²) in [7, 11) is 0. The Kier molecular flexibility index (Phi) is 5.52. The molecule has 1 amide bonds. The SMILES string of the molecule is CC(C)(C)n1nc(C2CC2)cc1C(=O)Nc1ccc(OCc2cccnc2)c(Cl)c1. The third-order valence-corrected chi connectivity index (χ3v) is 5.19. The number of anilines is 1. The average molecular weight is 425 g/mol. The second-order valence-corrected chi connectivity index (χ2v) is 8.97. The number of pyridine rings is 1. The van der Waals surface area contributed by atoms with Crippen LogP contribution in [0.1, 0.15) is 61.3 Å². The summed E-state index contributed by atoms with van der Waals surface area (Å²) in [5, 5.41) is 8.06. The lowest BCUT2D eigenvalue weighted by Gasteiger charge is -2.22. The summed E-state index contributed by atoms with van der Waals surface area (Å²) >= 11 is 6.37. The molecule has 3 aromatic rings. The third-order valence-electron chi connectivity index (χ3n) is 4.90. The van der Waals surface area contributed by atoms with Gasteiger partial charge in [0.1, 0.15) is 18.1 Å². The highest BCUT2D eigenvalue weighted by Crippen LogP contribution is 2.40. The second-order valence-electron chi connectivity index (χ2n) is 8.56. The highest BCUT2D eigenvalue weighted by Gasteiger charge is 2.31. The van der Waals surface area contributed by atoms with E-state index in [-0.39, 0.29) is 11.4 Å². The summed E-state index contributed by atoms with van der Waals surface area (Å²) in [6.45, 7) is 6.49. The van der Waals surface area contributed by atoms with Crippen LogP contribution in [0.5, 0.6) is 5.75 Å². The average Bonchev–Trinajstić information content (AvgIpc) is 3.45.